The van der Waals surface area contributed by atoms with Gasteiger partial charge in [-0.1, -0.05) is 0 Å². The Morgan fingerprint density at radius 3 is 2.17 bits per heavy atom. The Kier molecular flexibility index (Phi) is 5.54. The third-order valence-corrected chi connectivity index (χ3v) is 6.84. The Morgan fingerprint density at radius 2 is 1.43 bits per heavy atom. The number of hydrogen-bond donors (Lipinski definition) is 6. The number of carbonyl (C=O) groups is 1. The van der Waals surface area contributed by atoms with Crippen LogP contribution in [-0.4, -0.2) is 42.5 Å². The predicted octanol–water partition coefficient (Wildman–Crippen LogP) is 4.64. The van der Waals surface area contributed by atoms with Gasteiger partial charge in [0.15, 0.2) is 11.2 Å². The first-order chi connectivity index (χ1) is 19.1. The van der Waals surface area contributed by atoms with Gasteiger partial charge in [-0.3, -0.25) is 9.59 Å². The molecule has 0 amide bonds. The molecule has 3 aromatic carbocycles. The van der Waals surface area contributed by atoms with Crippen LogP contribution in [0.2, 0.25) is 0 Å². The number of carbonyl (C=O) groups excluding carboxylic acids is 1. The molecule has 1 aliphatic heterocycles. The molecular weight excluding hydrogens is 520 g/mol. The van der Waals surface area contributed by atoms with Gasteiger partial charge in [-0.15, -0.1) is 0 Å². The van der Waals surface area contributed by atoms with Crippen molar-refractivity contribution in [3.05, 3.63) is 111 Å². The number of phenolic OH excluding ortho intramolecular Hbond substituents is 4. The van der Waals surface area contributed by atoms with Crippen LogP contribution in [0.4, 0.5) is 0 Å². The fourth-order valence-corrected chi connectivity index (χ4v) is 4.99. The maximum atomic E-state index is 13.1. The summed E-state index contributed by atoms with van der Waals surface area (Å²) in [4.78, 5) is 25.8. The second-order valence-corrected chi connectivity index (χ2v) is 9.39. The molecule has 40 heavy (non-hydrogen) atoms. The van der Waals surface area contributed by atoms with Gasteiger partial charge in [0.05, 0.1) is 11.5 Å². The average Bonchev–Trinajstić information content (AvgIpc) is 2.89. The molecule has 10 nitrogen and oxygen atoms in total. The normalized spacial score (nSPS) is 18.6. The van der Waals surface area contributed by atoms with E-state index >= 15 is 0 Å². The molecule has 0 saturated carbocycles. The van der Waals surface area contributed by atoms with Crippen molar-refractivity contribution in [1.29, 1.82) is 0 Å². The summed E-state index contributed by atoms with van der Waals surface area (Å²) in [7, 11) is 0. The minimum atomic E-state index is -1.25. The highest BCUT2D eigenvalue weighted by Gasteiger charge is 2.43. The van der Waals surface area contributed by atoms with Crippen molar-refractivity contribution in [3.63, 3.8) is 0 Å². The van der Waals surface area contributed by atoms with Gasteiger partial charge in [-0.25, -0.2) is 0 Å². The molecule has 2 atom stereocenters. The van der Waals surface area contributed by atoms with Crippen LogP contribution < -0.4 is 5.43 Å². The van der Waals surface area contributed by atoms with Gasteiger partial charge >= 0.3 is 0 Å². The number of fused-ring (bicyclic) bond motifs is 2. The van der Waals surface area contributed by atoms with E-state index in [2.05, 4.69) is 0 Å². The average molecular weight is 540 g/mol. The van der Waals surface area contributed by atoms with Gasteiger partial charge in [0.2, 0.25) is 0 Å². The zero-order chi connectivity index (χ0) is 28.3. The van der Waals surface area contributed by atoms with Crippen molar-refractivity contribution >= 4 is 22.5 Å². The summed E-state index contributed by atoms with van der Waals surface area (Å²) in [5.74, 6) is -3.47. The first kappa shape index (κ1) is 24.7. The molecule has 2 unspecified atom stereocenters. The molecule has 200 valence electrons. The van der Waals surface area contributed by atoms with Crippen molar-refractivity contribution in [2.45, 2.75) is 12.0 Å². The van der Waals surface area contributed by atoms with E-state index in [0.717, 1.165) is 18.2 Å². The van der Waals surface area contributed by atoms with E-state index in [9.17, 15) is 40.2 Å². The van der Waals surface area contributed by atoms with E-state index in [1.807, 2.05) is 0 Å². The summed E-state index contributed by atoms with van der Waals surface area (Å²) in [6.45, 7) is 0. The van der Waals surface area contributed by atoms with Gasteiger partial charge in [0, 0.05) is 47.0 Å². The van der Waals surface area contributed by atoms with Crippen molar-refractivity contribution < 1.29 is 44.6 Å². The molecule has 0 fully saturated rings. The minimum absolute atomic E-state index is 0.00772. The molecule has 2 aliphatic rings. The number of hydrogen-bond acceptors (Lipinski definition) is 10. The number of aromatic hydroxyl groups is 4. The summed E-state index contributed by atoms with van der Waals surface area (Å²) >= 11 is 0. The zero-order valence-corrected chi connectivity index (χ0v) is 20.4. The summed E-state index contributed by atoms with van der Waals surface area (Å²) in [5, 5.41) is 61.7. The van der Waals surface area contributed by atoms with Crippen LogP contribution in [0.15, 0.2) is 99.1 Å². The lowest BCUT2D eigenvalue weighted by molar-refractivity contribution is -0.113. The highest BCUT2D eigenvalue weighted by Crippen LogP contribution is 2.46. The smallest absolute Gasteiger partial charge is 0.197 e. The second-order valence-electron chi connectivity index (χ2n) is 9.39. The van der Waals surface area contributed by atoms with E-state index in [0.29, 0.717) is 11.1 Å². The Bertz CT molecular complexity index is 1880. The highest BCUT2D eigenvalue weighted by atomic mass is 16.5. The topological polar surface area (TPSA) is 178 Å². The molecule has 0 bridgehead atoms. The second kappa shape index (κ2) is 8.98. The molecule has 1 aromatic heterocycles. The Balaban J connectivity index is 1.46. The standard InChI is InChI=1S/C30H20O10/c31-15-4-1-13(2-5-15)24-12-23(38)29-21(36)10-20(35)27(30(29)40-24)17-7-14(3-6-18(17)33)25-11-22(37)28-19(34)8-16(32)9-26(28)39-25/h1-12,27,30-36H. The molecule has 0 saturated heterocycles. The maximum absolute atomic E-state index is 13.1. The van der Waals surface area contributed by atoms with Gasteiger partial charge in [0.25, 0.3) is 0 Å². The minimum Gasteiger partial charge on any atom is -0.511 e. The first-order valence-electron chi connectivity index (χ1n) is 12.0. The lowest BCUT2D eigenvalue weighted by Gasteiger charge is -2.35. The number of allylic oxidation sites excluding steroid dienone is 2. The molecule has 10 heteroatoms. The molecule has 4 aromatic rings. The van der Waals surface area contributed by atoms with Crippen molar-refractivity contribution in [2.75, 3.05) is 0 Å². The molecule has 1 aliphatic carbocycles. The number of ether oxygens (including phenoxy) is 1. The Morgan fingerprint density at radius 1 is 0.700 bits per heavy atom. The lowest BCUT2D eigenvalue weighted by atomic mass is 9.79. The number of ketones is 1. The van der Waals surface area contributed by atoms with Crippen LogP contribution in [0.3, 0.4) is 0 Å². The molecule has 0 radical (unpaired) electrons. The van der Waals surface area contributed by atoms with Gasteiger partial charge < -0.3 is 39.8 Å². The molecule has 6 N–H and O–H groups in total. The van der Waals surface area contributed by atoms with Gasteiger partial charge in [0.1, 0.15) is 63.1 Å². The van der Waals surface area contributed by atoms with Crippen LogP contribution in [-0.2, 0) is 9.53 Å². The number of benzene rings is 3. The maximum Gasteiger partial charge on any atom is 0.197 e. The van der Waals surface area contributed by atoms with Crippen LogP contribution in [0.1, 0.15) is 17.0 Å². The van der Waals surface area contributed by atoms with Crippen molar-refractivity contribution in [3.8, 4) is 34.3 Å². The molecule has 6 rings (SSSR count). The number of aliphatic hydroxyl groups excluding tert-OH is 2. The molecule has 2 heterocycles. The summed E-state index contributed by atoms with van der Waals surface area (Å²) in [6, 6.07) is 13.4. The van der Waals surface area contributed by atoms with Crippen LogP contribution in [0.25, 0.3) is 28.1 Å². The Hall–Kier alpha value is -5.64. The Labute approximate surface area is 224 Å². The van der Waals surface area contributed by atoms with E-state index < -0.39 is 40.5 Å². The quantitative estimate of drug-likeness (QED) is 0.214. The monoisotopic (exact) mass is 540 g/mol. The van der Waals surface area contributed by atoms with Crippen molar-refractivity contribution in [1.82, 2.24) is 0 Å². The third kappa shape index (κ3) is 3.99. The van der Waals surface area contributed by atoms with Gasteiger partial charge in [-0.2, -0.15) is 0 Å². The predicted molar refractivity (Wildman–Crippen MR) is 142 cm³/mol. The highest BCUT2D eigenvalue weighted by molar-refractivity contribution is 6.10. The van der Waals surface area contributed by atoms with E-state index in [-0.39, 0.29) is 50.9 Å². The fourth-order valence-electron chi connectivity index (χ4n) is 4.99. The summed E-state index contributed by atoms with van der Waals surface area (Å²) < 4.78 is 11.9. The lowest BCUT2D eigenvalue weighted by Crippen LogP contribution is -2.35. The summed E-state index contributed by atoms with van der Waals surface area (Å²) in [5.41, 5.74) is 0.0683. The largest absolute Gasteiger partial charge is 0.511 e. The van der Waals surface area contributed by atoms with E-state index in [1.165, 1.54) is 54.6 Å². The molecular formula is C30H20O10. The summed E-state index contributed by atoms with van der Waals surface area (Å²) in [6.07, 6.45) is 0.947. The zero-order valence-electron chi connectivity index (χ0n) is 20.4. The molecule has 0 spiro atoms. The van der Waals surface area contributed by atoms with Crippen LogP contribution in [0, 0.1) is 0 Å². The first-order valence-corrected chi connectivity index (χ1v) is 12.0. The number of aliphatic hydroxyl groups is 2. The van der Waals surface area contributed by atoms with Gasteiger partial charge in [-0.05, 0) is 42.5 Å². The number of rotatable bonds is 3. The SMILES string of the molecule is O=C1C=C(c2ccc(O)cc2)OC2C1=C(O)C=C(O)C2c1cc(-c2cc(=O)c3c(O)cc(O)cc3o2)ccc1O. The third-order valence-electron chi connectivity index (χ3n) is 6.84. The van der Waals surface area contributed by atoms with E-state index in [4.69, 9.17) is 9.15 Å². The van der Waals surface area contributed by atoms with Crippen LogP contribution >= 0.6 is 0 Å². The van der Waals surface area contributed by atoms with Crippen LogP contribution in [0.5, 0.6) is 23.0 Å². The van der Waals surface area contributed by atoms with Crippen molar-refractivity contribution in [2.24, 2.45) is 0 Å². The number of phenols is 4. The fraction of sp³-hybridized carbons (Fsp3) is 0.0667. The van der Waals surface area contributed by atoms with E-state index in [1.54, 1.807) is 0 Å².